The monoisotopic (exact) mass is 513 g/mol. The van der Waals surface area contributed by atoms with Gasteiger partial charge in [0.05, 0.1) is 23.9 Å². The molecule has 3 aromatic rings. The number of aromatic nitrogens is 1. The molecule has 37 heavy (non-hydrogen) atoms. The van der Waals surface area contributed by atoms with Crippen molar-refractivity contribution in [1.29, 1.82) is 0 Å². The summed E-state index contributed by atoms with van der Waals surface area (Å²) in [5.74, 6) is -4.57. The van der Waals surface area contributed by atoms with Crippen LogP contribution in [-0.2, 0) is 4.79 Å². The molecule has 0 spiro atoms. The number of amides is 1. The van der Waals surface area contributed by atoms with Gasteiger partial charge < -0.3 is 29.9 Å². The average molecular weight is 513 g/mol. The number of hydrogen-bond donors (Lipinski definition) is 3. The Bertz CT molecular complexity index is 1320. The molecular weight excluding hydrogens is 488 g/mol. The van der Waals surface area contributed by atoms with E-state index in [0.717, 1.165) is 31.5 Å². The molecule has 11 heteroatoms. The molecular formula is C26H25F2N3O6. The summed E-state index contributed by atoms with van der Waals surface area (Å²) in [5, 5.41) is 21.5. The molecule has 0 bridgehead atoms. The Kier molecular flexibility index (Phi) is 6.99. The normalized spacial score (nSPS) is 15.0. The van der Waals surface area contributed by atoms with Crippen LogP contribution in [0.1, 0.15) is 29.8 Å². The Morgan fingerprint density at radius 3 is 2.51 bits per heavy atom. The first-order valence-corrected chi connectivity index (χ1v) is 11.3. The number of rotatable bonds is 7. The molecule has 0 aliphatic carbocycles. The average Bonchev–Trinajstić information content (AvgIpc) is 2.85. The van der Waals surface area contributed by atoms with Crippen molar-refractivity contribution in [2.45, 2.75) is 32.4 Å². The van der Waals surface area contributed by atoms with Gasteiger partial charge in [-0.05, 0) is 44.5 Å². The van der Waals surface area contributed by atoms with Crippen molar-refractivity contribution in [1.82, 2.24) is 4.98 Å². The molecule has 2 heterocycles. The number of carboxylic acids is 1. The fourth-order valence-electron chi connectivity index (χ4n) is 3.77. The SMILES string of the molecule is Cc1ccc(N2c3cccc(C(=O)Nc4cc(F)c(OC(C)(C)C(=O)O)c(F)c4)c3OC[C@@H]2CO)nc1. The molecule has 0 saturated carbocycles. The van der Waals surface area contributed by atoms with Crippen LogP contribution in [0.2, 0.25) is 0 Å². The number of nitrogens with zero attached hydrogens (tertiary/aromatic N) is 2. The molecule has 0 saturated heterocycles. The Morgan fingerprint density at radius 2 is 1.92 bits per heavy atom. The summed E-state index contributed by atoms with van der Waals surface area (Å²) in [6.07, 6.45) is 1.68. The highest BCUT2D eigenvalue weighted by atomic mass is 19.1. The van der Waals surface area contributed by atoms with Gasteiger partial charge in [-0.2, -0.15) is 0 Å². The number of benzene rings is 2. The van der Waals surface area contributed by atoms with E-state index in [0.29, 0.717) is 11.5 Å². The van der Waals surface area contributed by atoms with E-state index in [1.165, 1.54) is 6.07 Å². The molecule has 1 amide bonds. The van der Waals surface area contributed by atoms with E-state index in [9.17, 15) is 23.5 Å². The van der Waals surface area contributed by atoms with Crippen LogP contribution in [0.5, 0.6) is 11.5 Å². The first-order valence-electron chi connectivity index (χ1n) is 11.3. The van der Waals surface area contributed by atoms with Crippen LogP contribution in [0.3, 0.4) is 0 Å². The molecule has 2 aromatic carbocycles. The molecule has 1 aliphatic heterocycles. The van der Waals surface area contributed by atoms with Crippen molar-refractivity contribution in [2.75, 3.05) is 23.4 Å². The fraction of sp³-hybridized carbons (Fsp3) is 0.269. The highest BCUT2D eigenvalue weighted by Gasteiger charge is 2.33. The third kappa shape index (κ3) is 5.17. The van der Waals surface area contributed by atoms with Gasteiger partial charge in [0.25, 0.3) is 5.91 Å². The number of pyridine rings is 1. The van der Waals surface area contributed by atoms with Crippen molar-refractivity contribution >= 4 is 29.1 Å². The topological polar surface area (TPSA) is 121 Å². The van der Waals surface area contributed by atoms with Crippen LogP contribution in [0.15, 0.2) is 48.7 Å². The second kappa shape index (κ2) is 10.0. The number of aryl methyl sites for hydroxylation is 1. The smallest absolute Gasteiger partial charge is 0.347 e. The number of para-hydroxylation sites is 1. The minimum absolute atomic E-state index is 0.0675. The Morgan fingerprint density at radius 1 is 1.22 bits per heavy atom. The Labute approximate surface area is 211 Å². The van der Waals surface area contributed by atoms with Crippen molar-refractivity contribution in [3.63, 3.8) is 0 Å². The third-order valence-corrected chi connectivity index (χ3v) is 5.77. The van der Waals surface area contributed by atoms with Crippen LogP contribution >= 0.6 is 0 Å². The van der Waals surface area contributed by atoms with Gasteiger partial charge in [-0.1, -0.05) is 12.1 Å². The third-order valence-electron chi connectivity index (χ3n) is 5.77. The largest absolute Gasteiger partial charge is 0.488 e. The molecule has 0 fully saturated rings. The molecule has 194 valence electrons. The Hall–Kier alpha value is -4.25. The maximum Gasteiger partial charge on any atom is 0.347 e. The maximum absolute atomic E-state index is 14.6. The van der Waals surface area contributed by atoms with Gasteiger partial charge in [0.2, 0.25) is 0 Å². The van der Waals surface area contributed by atoms with Gasteiger partial charge in [0.1, 0.15) is 12.4 Å². The highest BCUT2D eigenvalue weighted by molar-refractivity contribution is 6.07. The van der Waals surface area contributed by atoms with E-state index in [4.69, 9.17) is 14.6 Å². The standard InChI is InChI=1S/C26H25F2N3O6/c1-14-7-8-21(29-11-14)31-16(12-32)13-36-22-17(5-4-6-20(22)31)24(33)30-15-9-18(27)23(19(28)10-15)37-26(2,3)25(34)35/h4-11,16,32H,12-13H2,1-3H3,(H,30,33)(H,34,35)/t16-/m0/s1. The zero-order valence-corrected chi connectivity index (χ0v) is 20.3. The van der Waals surface area contributed by atoms with Crippen LogP contribution in [0, 0.1) is 18.6 Å². The van der Waals surface area contributed by atoms with Crippen molar-refractivity contribution in [3.8, 4) is 11.5 Å². The molecule has 1 atom stereocenters. The van der Waals surface area contributed by atoms with E-state index in [1.54, 1.807) is 29.3 Å². The number of anilines is 3. The summed E-state index contributed by atoms with van der Waals surface area (Å²) in [6, 6.07) is 9.69. The summed E-state index contributed by atoms with van der Waals surface area (Å²) in [5.41, 5.74) is -0.546. The van der Waals surface area contributed by atoms with Gasteiger partial charge in [0, 0.05) is 24.0 Å². The molecule has 9 nitrogen and oxygen atoms in total. The number of carbonyl (C=O) groups is 2. The van der Waals surface area contributed by atoms with Crippen LogP contribution < -0.4 is 19.7 Å². The summed E-state index contributed by atoms with van der Waals surface area (Å²) < 4.78 is 40.1. The number of hydrogen-bond acceptors (Lipinski definition) is 7. The van der Waals surface area contributed by atoms with Gasteiger partial charge >= 0.3 is 5.97 Å². The summed E-state index contributed by atoms with van der Waals surface area (Å²) in [6.45, 7) is 4.04. The number of aliphatic carboxylic acids is 1. The van der Waals surface area contributed by atoms with E-state index in [1.807, 2.05) is 13.0 Å². The number of fused-ring (bicyclic) bond motifs is 1. The quantitative estimate of drug-likeness (QED) is 0.433. The lowest BCUT2D eigenvalue weighted by atomic mass is 10.1. The fourth-order valence-corrected chi connectivity index (χ4v) is 3.77. The minimum Gasteiger partial charge on any atom is -0.488 e. The number of aliphatic hydroxyl groups excluding tert-OH is 1. The zero-order chi connectivity index (χ0) is 26.9. The van der Waals surface area contributed by atoms with Crippen LogP contribution in [0.25, 0.3) is 0 Å². The first-order chi connectivity index (χ1) is 17.5. The van der Waals surface area contributed by atoms with Gasteiger partial charge in [0.15, 0.2) is 28.7 Å². The molecule has 0 radical (unpaired) electrons. The first kappa shape index (κ1) is 25.8. The van der Waals surface area contributed by atoms with Crippen LogP contribution in [0.4, 0.5) is 26.0 Å². The molecule has 1 aliphatic rings. The van der Waals surface area contributed by atoms with E-state index < -0.39 is 40.9 Å². The van der Waals surface area contributed by atoms with Gasteiger partial charge in [-0.25, -0.2) is 18.6 Å². The number of halogens is 2. The number of ether oxygens (including phenoxy) is 2. The van der Waals surface area contributed by atoms with Crippen molar-refractivity contribution in [3.05, 3.63) is 71.4 Å². The predicted molar refractivity (Wildman–Crippen MR) is 131 cm³/mol. The van der Waals surface area contributed by atoms with Crippen molar-refractivity contribution in [2.24, 2.45) is 0 Å². The second-order valence-electron chi connectivity index (χ2n) is 9.01. The zero-order valence-electron chi connectivity index (χ0n) is 20.3. The predicted octanol–water partition coefficient (Wildman–Crippen LogP) is 4.05. The minimum atomic E-state index is -1.88. The molecule has 3 N–H and O–H groups in total. The lowest BCUT2D eigenvalue weighted by molar-refractivity contribution is -0.152. The van der Waals surface area contributed by atoms with Gasteiger partial charge in [-0.15, -0.1) is 0 Å². The number of aliphatic hydroxyl groups is 1. The number of carbonyl (C=O) groups excluding carboxylic acids is 1. The summed E-state index contributed by atoms with van der Waals surface area (Å²) >= 11 is 0. The lowest BCUT2D eigenvalue weighted by Crippen LogP contribution is -2.43. The van der Waals surface area contributed by atoms with E-state index >= 15 is 0 Å². The van der Waals surface area contributed by atoms with Crippen LogP contribution in [-0.4, -0.2) is 51.9 Å². The highest BCUT2D eigenvalue weighted by Crippen LogP contribution is 2.41. The van der Waals surface area contributed by atoms with E-state index in [-0.39, 0.29) is 30.2 Å². The summed E-state index contributed by atoms with van der Waals surface area (Å²) in [7, 11) is 0. The van der Waals surface area contributed by atoms with Crippen molar-refractivity contribution < 1.29 is 38.1 Å². The van der Waals surface area contributed by atoms with E-state index in [2.05, 4.69) is 10.3 Å². The lowest BCUT2D eigenvalue weighted by Gasteiger charge is -2.37. The number of nitrogens with one attached hydrogen (secondary N) is 1. The second-order valence-corrected chi connectivity index (χ2v) is 9.01. The summed E-state index contributed by atoms with van der Waals surface area (Å²) in [4.78, 5) is 30.6. The number of carboxylic acid groups (broad SMARTS) is 1. The van der Waals surface area contributed by atoms with Gasteiger partial charge in [-0.3, -0.25) is 4.79 Å². The maximum atomic E-state index is 14.6. The molecule has 1 aromatic heterocycles. The molecule has 0 unspecified atom stereocenters. The molecule has 4 rings (SSSR count). The Balaban J connectivity index is 1.64.